The number of aliphatic imine (C=N–C) groups is 1. The Morgan fingerprint density at radius 3 is 2.59 bits per heavy atom. The predicted octanol–water partition coefficient (Wildman–Crippen LogP) is 5.34. The first-order valence-corrected chi connectivity index (χ1v) is 13.9. The zero-order valence-electron chi connectivity index (χ0n) is 21.4. The minimum absolute atomic E-state index is 0.0637. The summed E-state index contributed by atoms with van der Waals surface area (Å²) in [5, 5.41) is 8.97. The highest BCUT2D eigenvalue weighted by Crippen LogP contribution is 2.24. The number of rotatable bonds is 5. The smallest absolute Gasteiger partial charge is 0.261 e. The monoisotopic (exact) mass is 540 g/mol. The van der Waals surface area contributed by atoms with Gasteiger partial charge < -0.3 is 15.5 Å². The van der Waals surface area contributed by atoms with Crippen LogP contribution in [-0.2, 0) is 13.0 Å². The van der Waals surface area contributed by atoms with Gasteiger partial charge in [0.15, 0.2) is 5.96 Å². The summed E-state index contributed by atoms with van der Waals surface area (Å²) in [6.07, 6.45) is 7.00. The van der Waals surface area contributed by atoms with Gasteiger partial charge in [-0.15, -0.1) is 0 Å². The molecular weight excluding hydrogens is 507 g/mol. The molecule has 2 N–H and O–H groups in total. The van der Waals surface area contributed by atoms with Gasteiger partial charge in [-0.2, -0.15) is 0 Å². The van der Waals surface area contributed by atoms with Crippen molar-refractivity contribution < 1.29 is 0 Å². The third-order valence-electron chi connectivity index (χ3n) is 7.21. The highest BCUT2D eigenvalue weighted by Gasteiger charge is 2.25. The number of nitrogens with one attached hydrogen (secondary N) is 2. The first-order chi connectivity index (χ1) is 17.9. The summed E-state index contributed by atoms with van der Waals surface area (Å²) >= 11 is 12.3. The van der Waals surface area contributed by atoms with E-state index in [4.69, 9.17) is 28.2 Å². The molecule has 2 unspecified atom stereocenters. The molecule has 2 fully saturated rings. The number of aromatic nitrogens is 2. The van der Waals surface area contributed by atoms with Crippen molar-refractivity contribution in [2.24, 2.45) is 4.99 Å². The fourth-order valence-corrected chi connectivity index (χ4v) is 5.89. The van der Waals surface area contributed by atoms with Crippen molar-refractivity contribution in [1.29, 1.82) is 0 Å². The van der Waals surface area contributed by atoms with Gasteiger partial charge in [0.05, 0.1) is 23.3 Å². The van der Waals surface area contributed by atoms with Crippen LogP contribution in [0.2, 0.25) is 10.0 Å². The first kappa shape index (κ1) is 26.0. The summed E-state index contributed by atoms with van der Waals surface area (Å²) in [7, 11) is 0. The van der Waals surface area contributed by atoms with E-state index in [0.717, 1.165) is 43.1 Å². The lowest BCUT2D eigenvalue weighted by Gasteiger charge is -2.38. The molecular formula is C28H34Cl2N6O. The molecule has 9 heteroatoms. The van der Waals surface area contributed by atoms with Gasteiger partial charge in [0, 0.05) is 47.5 Å². The molecule has 2 aliphatic rings. The fraction of sp³-hybridized carbons (Fsp3) is 0.464. The molecule has 2 heterocycles. The lowest BCUT2D eigenvalue weighted by molar-refractivity contribution is 0.253. The van der Waals surface area contributed by atoms with Crippen molar-refractivity contribution in [2.45, 2.75) is 70.6 Å². The number of halogens is 2. The minimum Gasteiger partial charge on any atom is -0.340 e. The van der Waals surface area contributed by atoms with Gasteiger partial charge in [0.25, 0.3) is 5.56 Å². The van der Waals surface area contributed by atoms with Crippen molar-refractivity contribution in [2.75, 3.05) is 18.4 Å². The summed E-state index contributed by atoms with van der Waals surface area (Å²) in [6, 6.07) is 12.3. The van der Waals surface area contributed by atoms with Gasteiger partial charge in [0.2, 0.25) is 0 Å². The zero-order chi connectivity index (χ0) is 25.9. The average molecular weight is 542 g/mol. The molecule has 1 aliphatic heterocycles. The third-order valence-corrected chi connectivity index (χ3v) is 7.79. The van der Waals surface area contributed by atoms with Crippen LogP contribution in [0.3, 0.4) is 0 Å². The van der Waals surface area contributed by atoms with E-state index < -0.39 is 0 Å². The number of aryl methyl sites for hydroxylation is 2. The molecule has 5 rings (SSSR count). The molecule has 37 heavy (non-hydrogen) atoms. The van der Waals surface area contributed by atoms with Crippen LogP contribution < -0.4 is 16.2 Å². The topological polar surface area (TPSA) is 74.5 Å². The van der Waals surface area contributed by atoms with Gasteiger partial charge in [-0.1, -0.05) is 42.1 Å². The van der Waals surface area contributed by atoms with Crippen LogP contribution in [0.25, 0.3) is 10.9 Å². The highest BCUT2D eigenvalue weighted by molar-refractivity contribution is 6.35. The highest BCUT2D eigenvalue weighted by atomic mass is 35.5. The molecule has 1 aromatic heterocycles. The van der Waals surface area contributed by atoms with E-state index in [9.17, 15) is 4.79 Å². The number of hydrogen-bond donors (Lipinski definition) is 2. The molecule has 2 atom stereocenters. The Morgan fingerprint density at radius 2 is 1.86 bits per heavy atom. The summed E-state index contributed by atoms with van der Waals surface area (Å²) in [5.41, 5.74) is 2.44. The Kier molecular flexibility index (Phi) is 8.03. The van der Waals surface area contributed by atoms with E-state index in [0.29, 0.717) is 52.0 Å². The van der Waals surface area contributed by atoms with Crippen LogP contribution in [0, 0.1) is 0 Å². The number of nitrogens with zero attached hydrogens (tertiary/aromatic N) is 4. The second-order valence-corrected chi connectivity index (χ2v) is 11.2. The number of piperazine rings is 1. The van der Waals surface area contributed by atoms with Gasteiger partial charge >= 0.3 is 0 Å². The Balaban J connectivity index is 1.36. The van der Waals surface area contributed by atoms with Crippen LogP contribution >= 0.6 is 23.2 Å². The zero-order valence-corrected chi connectivity index (χ0v) is 22.9. The molecule has 0 radical (unpaired) electrons. The standard InChI is InChI=1S/C28H34Cl2N6O/c1-18-15-36(16-19(2)32-18)28(33-22-5-3-4-6-22)34-23-9-10-24-26(14-23)31-17-35(27(24)37)12-11-20-7-8-21(29)13-25(20)30/h7-10,13-14,17-19,22,32H,3-6,11-12,15-16H2,1-2H3,(H,33,34). The first-order valence-electron chi connectivity index (χ1n) is 13.1. The van der Waals surface area contributed by atoms with Crippen LogP contribution in [0.5, 0.6) is 0 Å². The van der Waals surface area contributed by atoms with E-state index in [2.05, 4.69) is 34.4 Å². The van der Waals surface area contributed by atoms with E-state index in [1.807, 2.05) is 30.3 Å². The SMILES string of the molecule is CC1CN(C(=NC2CCCC2)Nc2ccc3c(=O)n(CCc4ccc(Cl)cc4Cl)cnc3c2)CC(C)N1. The molecule has 1 aliphatic carbocycles. The fourth-order valence-electron chi connectivity index (χ4n) is 5.39. The summed E-state index contributed by atoms with van der Waals surface area (Å²) in [5.74, 6) is 0.916. The van der Waals surface area contributed by atoms with E-state index in [1.54, 1.807) is 17.0 Å². The lowest BCUT2D eigenvalue weighted by Crippen LogP contribution is -2.57. The van der Waals surface area contributed by atoms with Crippen molar-refractivity contribution in [1.82, 2.24) is 19.8 Å². The third kappa shape index (κ3) is 6.28. The van der Waals surface area contributed by atoms with E-state index in [1.165, 1.54) is 12.8 Å². The molecule has 0 bridgehead atoms. The molecule has 196 valence electrons. The maximum Gasteiger partial charge on any atom is 0.261 e. The molecule has 0 amide bonds. The summed E-state index contributed by atoms with van der Waals surface area (Å²) in [6.45, 7) is 6.71. The molecule has 0 spiro atoms. The Hall–Kier alpha value is -2.61. The van der Waals surface area contributed by atoms with Gasteiger partial charge in [-0.25, -0.2) is 9.98 Å². The minimum atomic E-state index is -0.0637. The largest absolute Gasteiger partial charge is 0.340 e. The lowest BCUT2D eigenvalue weighted by atomic mass is 10.1. The number of benzene rings is 2. The normalized spacial score (nSPS) is 21.1. The molecule has 7 nitrogen and oxygen atoms in total. The number of hydrogen-bond acceptors (Lipinski definition) is 4. The Bertz CT molecular complexity index is 1340. The maximum absolute atomic E-state index is 13.2. The molecule has 1 saturated heterocycles. The van der Waals surface area contributed by atoms with Crippen LogP contribution in [0.4, 0.5) is 5.69 Å². The van der Waals surface area contributed by atoms with Crippen LogP contribution in [0.1, 0.15) is 45.1 Å². The van der Waals surface area contributed by atoms with E-state index in [-0.39, 0.29) is 5.56 Å². The van der Waals surface area contributed by atoms with Crippen LogP contribution in [-0.4, -0.2) is 51.6 Å². The van der Waals surface area contributed by atoms with Crippen molar-refractivity contribution in [3.63, 3.8) is 0 Å². The number of anilines is 1. The van der Waals surface area contributed by atoms with Crippen molar-refractivity contribution in [3.8, 4) is 0 Å². The second-order valence-electron chi connectivity index (χ2n) is 10.4. The van der Waals surface area contributed by atoms with Gasteiger partial charge in [-0.3, -0.25) is 9.36 Å². The van der Waals surface area contributed by atoms with E-state index >= 15 is 0 Å². The molecule has 2 aromatic carbocycles. The van der Waals surface area contributed by atoms with Crippen molar-refractivity contribution in [3.05, 3.63) is 68.7 Å². The van der Waals surface area contributed by atoms with Crippen molar-refractivity contribution >= 4 is 45.8 Å². The number of fused-ring (bicyclic) bond motifs is 1. The maximum atomic E-state index is 13.2. The van der Waals surface area contributed by atoms with Gasteiger partial charge in [-0.05, 0) is 69.0 Å². The Labute approximate surface area is 227 Å². The second kappa shape index (κ2) is 11.4. The number of guanidine groups is 1. The summed E-state index contributed by atoms with van der Waals surface area (Å²) < 4.78 is 1.64. The quantitative estimate of drug-likeness (QED) is 0.337. The Morgan fingerprint density at radius 1 is 1.11 bits per heavy atom. The molecule has 3 aromatic rings. The average Bonchev–Trinajstić information content (AvgIpc) is 3.37. The summed E-state index contributed by atoms with van der Waals surface area (Å²) in [4.78, 5) is 25.3. The molecule has 1 saturated carbocycles. The van der Waals surface area contributed by atoms with Gasteiger partial charge in [0.1, 0.15) is 0 Å². The van der Waals surface area contributed by atoms with Crippen LogP contribution in [0.15, 0.2) is 52.5 Å². The predicted molar refractivity (Wildman–Crippen MR) is 153 cm³/mol.